The molecule has 76 valence electrons. The van der Waals surface area contributed by atoms with Gasteiger partial charge in [0.2, 0.25) is 0 Å². The number of benzene rings is 1. The lowest BCUT2D eigenvalue weighted by atomic mass is 10.3. The summed E-state index contributed by atoms with van der Waals surface area (Å²) < 4.78 is 18.5. The van der Waals surface area contributed by atoms with Crippen LogP contribution in [0.15, 0.2) is 42.7 Å². The smallest absolute Gasteiger partial charge is 0.165 e. The highest BCUT2D eigenvalue weighted by molar-refractivity contribution is 5.42. The topological polar surface area (TPSA) is 48.1 Å². The molecule has 0 bridgehead atoms. The summed E-state index contributed by atoms with van der Waals surface area (Å²) in [6.07, 6.45) is 2.97. The molecule has 0 saturated carbocycles. The summed E-state index contributed by atoms with van der Waals surface area (Å²) in [6, 6.07) is 7.74. The third-order valence-corrected chi connectivity index (χ3v) is 1.80. The number of halogens is 1. The van der Waals surface area contributed by atoms with E-state index in [2.05, 4.69) is 4.98 Å². The van der Waals surface area contributed by atoms with Gasteiger partial charge in [-0.15, -0.1) is 0 Å². The number of rotatable bonds is 2. The molecule has 1 aromatic carbocycles. The van der Waals surface area contributed by atoms with Gasteiger partial charge in [0.15, 0.2) is 11.6 Å². The van der Waals surface area contributed by atoms with Gasteiger partial charge in [0.25, 0.3) is 0 Å². The average Bonchev–Trinajstić information content (AvgIpc) is 2.22. The van der Waals surface area contributed by atoms with E-state index >= 15 is 0 Å². The van der Waals surface area contributed by atoms with Crippen LogP contribution in [0.2, 0.25) is 0 Å². The fourth-order valence-electron chi connectivity index (χ4n) is 1.15. The number of pyridine rings is 1. The molecule has 4 heteroatoms. The Morgan fingerprint density at radius 3 is 2.73 bits per heavy atom. The van der Waals surface area contributed by atoms with E-state index in [0.29, 0.717) is 11.4 Å². The highest BCUT2D eigenvalue weighted by Crippen LogP contribution is 2.24. The molecule has 0 unspecified atom stereocenters. The highest BCUT2D eigenvalue weighted by atomic mass is 19.1. The maximum absolute atomic E-state index is 13.2. The first-order valence-corrected chi connectivity index (χ1v) is 4.38. The molecule has 0 fully saturated rings. The molecule has 2 aromatic rings. The number of para-hydroxylation sites is 1. The van der Waals surface area contributed by atoms with Crippen LogP contribution < -0.4 is 10.5 Å². The van der Waals surface area contributed by atoms with Gasteiger partial charge < -0.3 is 10.5 Å². The summed E-state index contributed by atoms with van der Waals surface area (Å²) in [6.45, 7) is 0. The van der Waals surface area contributed by atoms with Gasteiger partial charge in [-0.1, -0.05) is 12.1 Å². The molecule has 3 nitrogen and oxygen atoms in total. The second-order valence-electron chi connectivity index (χ2n) is 2.99. The molecule has 0 atom stereocenters. The van der Waals surface area contributed by atoms with Crippen LogP contribution >= 0.6 is 0 Å². The van der Waals surface area contributed by atoms with Crippen LogP contribution in [-0.4, -0.2) is 4.98 Å². The van der Waals surface area contributed by atoms with Crippen molar-refractivity contribution in [1.82, 2.24) is 4.98 Å². The standard InChI is InChI=1S/C11H9FN2O/c12-10-3-1-2-4-11(10)15-9-5-8(13)6-14-7-9/h1-7H,13H2. The second-order valence-corrected chi connectivity index (χ2v) is 2.99. The van der Waals surface area contributed by atoms with E-state index in [1.807, 2.05) is 0 Å². The van der Waals surface area contributed by atoms with E-state index in [1.165, 1.54) is 18.5 Å². The Kier molecular flexibility index (Phi) is 2.49. The Bertz CT molecular complexity index is 474. The van der Waals surface area contributed by atoms with Crippen molar-refractivity contribution in [3.8, 4) is 11.5 Å². The van der Waals surface area contributed by atoms with Gasteiger partial charge in [0.1, 0.15) is 5.75 Å². The van der Waals surface area contributed by atoms with Crippen molar-refractivity contribution in [3.63, 3.8) is 0 Å². The lowest BCUT2D eigenvalue weighted by molar-refractivity contribution is 0.441. The molecule has 0 spiro atoms. The maximum atomic E-state index is 13.2. The quantitative estimate of drug-likeness (QED) is 0.817. The number of nitrogen functional groups attached to an aromatic ring is 1. The number of ether oxygens (including phenoxy) is 1. The zero-order valence-corrected chi connectivity index (χ0v) is 7.85. The fraction of sp³-hybridized carbons (Fsp3) is 0. The van der Waals surface area contributed by atoms with E-state index in [0.717, 1.165) is 0 Å². The molecule has 1 heterocycles. The van der Waals surface area contributed by atoms with Crippen LogP contribution in [0.25, 0.3) is 0 Å². The van der Waals surface area contributed by atoms with Gasteiger partial charge in [0.05, 0.1) is 18.1 Å². The summed E-state index contributed by atoms with van der Waals surface area (Å²) in [7, 11) is 0. The maximum Gasteiger partial charge on any atom is 0.165 e. The SMILES string of the molecule is Nc1cncc(Oc2ccccc2F)c1. The highest BCUT2D eigenvalue weighted by Gasteiger charge is 2.03. The number of nitrogens with zero attached hydrogens (tertiary/aromatic N) is 1. The fourth-order valence-corrected chi connectivity index (χ4v) is 1.15. The van der Waals surface area contributed by atoms with Crippen molar-refractivity contribution in [2.24, 2.45) is 0 Å². The molecule has 0 amide bonds. The largest absolute Gasteiger partial charge is 0.453 e. The minimum Gasteiger partial charge on any atom is -0.453 e. The summed E-state index contributed by atoms with van der Waals surface area (Å²) in [5, 5.41) is 0. The Hall–Kier alpha value is -2.10. The molecule has 0 aliphatic heterocycles. The first-order chi connectivity index (χ1) is 7.25. The second kappa shape index (κ2) is 3.96. The van der Waals surface area contributed by atoms with E-state index < -0.39 is 5.82 Å². The van der Waals surface area contributed by atoms with Gasteiger partial charge >= 0.3 is 0 Å². The van der Waals surface area contributed by atoms with E-state index in [9.17, 15) is 4.39 Å². The third kappa shape index (κ3) is 2.22. The summed E-state index contributed by atoms with van der Waals surface area (Å²) in [4.78, 5) is 3.84. The third-order valence-electron chi connectivity index (χ3n) is 1.80. The summed E-state index contributed by atoms with van der Waals surface area (Å²) in [5.41, 5.74) is 5.99. The number of aromatic nitrogens is 1. The van der Waals surface area contributed by atoms with E-state index in [-0.39, 0.29) is 5.75 Å². The van der Waals surface area contributed by atoms with E-state index in [4.69, 9.17) is 10.5 Å². The van der Waals surface area contributed by atoms with Crippen LogP contribution in [0.5, 0.6) is 11.5 Å². The Morgan fingerprint density at radius 2 is 2.00 bits per heavy atom. The van der Waals surface area contributed by atoms with Crippen LogP contribution in [0, 0.1) is 5.82 Å². The lowest BCUT2D eigenvalue weighted by Gasteiger charge is -2.05. The van der Waals surface area contributed by atoms with Crippen LogP contribution in [0.1, 0.15) is 0 Å². The van der Waals surface area contributed by atoms with Gasteiger partial charge in [-0.05, 0) is 12.1 Å². The molecule has 2 rings (SSSR count). The average molecular weight is 204 g/mol. The number of anilines is 1. The number of hydrogen-bond acceptors (Lipinski definition) is 3. The monoisotopic (exact) mass is 204 g/mol. The summed E-state index contributed by atoms with van der Waals surface area (Å²) in [5.74, 6) is 0.157. The van der Waals surface area contributed by atoms with Crippen LogP contribution in [0.4, 0.5) is 10.1 Å². The van der Waals surface area contributed by atoms with E-state index in [1.54, 1.807) is 24.3 Å². The molecule has 15 heavy (non-hydrogen) atoms. The summed E-state index contributed by atoms with van der Waals surface area (Å²) >= 11 is 0. The molecule has 0 saturated heterocycles. The van der Waals surface area contributed by atoms with Crippen molar-refractivity contribution >= 4 is 5.69 Å². The zero-order valence-electron chi connectivity index (χ0n) is 7.85. The van der Waals surface area contributed by atoms with Gasteiger partial charge in [0, 0.05) is 6.07 Å². The van der Waals surface area contributed by atoms with Crippen molar-refractivity contribution in [3.05, 3.63) is 48.5 Å². The zero-order chi connectivity index (χ0) is 10.7. The van der Waals surface area contributed by atoms with Crippen LogP contribution in [0.3, 0.4) is 0 Å². The van der Waals surface area contributed by atoms with Crippen molar-refractivity contribution in [2.45, 2.75) is 0 Å². The normalized spacial score (nSPS) is 9.93. The minimum absolute atomic E-state index is 0.157. The molecule has 0 radical (unpaired) electrons. The molecular weight excluding hydrogens is 195 g/mol. The van der Waals surface area contributed by atoms with Gasteiger partial charge in [-0.2, -0.15) is 0 Å². The molecule has 0 aliphatic carbocycles. The molecule has 1 aromatic heterocycles. The van der Waals surface area contributed by atoms with Gasteiger partial charge in [-0.3, -0.25) is 4.98 Å². The first kappa shape index (κ1) is 9.45. The number of nitrogens with two attached hydrogens (primary N) is 1. The predicted octanol–water partition coefficient (Wildman–Crippen LogP) is 2.60. The van der Waals surface area contributed by atoms with Crippen molar-refractivity contribution in [2.75, 3.05) is 5.73 Å². The first-order valence-electron chi connectivity index (χ1n) is 4.38. The van der Waals surface area contributed by atoms with Crippen LogP contribution in [-0.2, 0) is 0 Å². The van der Waals surface area contributed by atoms with Crippen molar-refractivity contribution in [1.29, 1.82) is 0 Å². The Labute approximate surface area is 86.3 Å². The van der Waals surface area contributed by atoms with Crippen molar-refractivity contribution < 1.29 is 9.13 Å². The number of hydrogen-bond donors (Lipinski definition) is 1. The Morgan fingerprint density at radius 1 is 1.20 bits per heavy atom. The Balaban J connectivity index is 2.26. The lowest BCUT2D eigenvalue weighted by Crippen LogP contribution is -1.91. The predicted molar refractivity (Wildman–Crippen MR) is 55.1 cm³/mol. The minimum atomic E-state index is -0.417. The molecule has 2 N–H and O–H groups in total. The molecular formula is C11H9FN2O. The van der Waals surface area contributed by atoms with Gasteiger partial charge in [-0.25, -0.2) is 4.39 Å². The molecule has 0 aliphatic rings.